The van der Waals surface area contributed by atoms with E-state index >= 15 is 0 Å². The molecule has 0 aliphatic carbocycles. The Morgan fingerprint density at radius 1 is 1.28 bits per heavy atom. The van der Waals surface area contributed by atoms with E-state index in [2.05, 4.69) is 24.2 Å². The maximum absolute atomic E-state index is 13.3. The number of carbonyl (C=O) groups excluding carboxylic acids is 2. The van der Waals surface area contributed by atoms with Gasteiger partial charge in [0.1, 0.15) is 11.8 Å². The molecule has 0 radical (unpaired) electrons. The number of likely N-dealkylation sites (tertiary alicyclic amines) is 1. The summed E-state index contributed by atoms with van der Waals surface area (Å²) in [4.78, 5) is 27.8. The Bertz CT molecular complexity index is 693. The van der Waals surface area contributed by atoms with Crippen LogP contribution in [-0.2, 0) is 19.0 Å². The molecule has 7 heteroatoms. The van der Waals surface area contributed by atoms with E-state index in [1.54, 1.807) is 19.1 Å². The van der Waals surface area contributed by atoms with Crippen LogP contribution in [0.25, 0.3) is 0 Å². The molecule has 1 heterocycles. The Hall–Kier alpha value is -2.04. The molecule has 1 aliphatic heterocycles. The summed E-state index contributed by atoms with van der Waals surface area (Å²) < 4.78 is 17.4. The lowest BCUT2D eigenvalue weighted by atomic mass is 9.80. The number of allylic oxidation sites excluding steroid dienone is 1. The van der Waals surface area contributed by atoms with E-state index in [0.29, 0.717) is 19.3 Å². The fourth-order valence-corrected chi connectivity index (χ4v) is 4.41. The highest BCUT2D eigenvalue weighted by Gasteiger charge is 2.53. The van der Waals surface area contributed by atoms with Gasteiger partial charge in [-0.2, -0.15) is 0 Å². The van der Waals surface area contributed by atoms with Crippen LogP contribution >= 0.6 is 0 Å². The lowest BCUT2D eigenvalue weighted by Gasteiger charge is -2.45. The van der Waals surface area contributed by atoms with Gasteiger partial charge < -0.3 is 19.5 Å². The summed E-state index contributed by atoms with van der Waals surface area (Å²) in [7, 11) is 3.22. The van der Waals surface area contributed by atoms with Crippen LogP contribution in [0.5, 0.6) is 0 Å². The maximum atomic E-state index is 13.3. The van der Waals surface area contributed by atoms with Crippen LogP contribution < -0.4 is 5.32 Å². The SMILES string of the molecule is C#CCCC(=O)N[C@H]([C@H]1[C@H](/C=C\C)CC(OC)N1C(=O)OC(C)(C)C)[C@](C)(CCC)OC. The fraction of sp³-hybridized carbons (Fsp3) is 0.760. The maximum Gasteiger partial charge on any atom is 0.412 e. The molecule has 0 bridgehead atoms. The number of carbonyl (C=O) groups is 2. The molecule has 0 spiro atoms. The van der Waals surface area contributed by atoms with Crippen molar-refractivity contribution in [2.24, 2.45) is 5.92 Å². The molecule has 32 heavy (non-hydrogen) atoms. The van der Waals surface area contributed by atoms with Crippen molar-refractivity contribution in [1.29, 1.82) is 0 Å². The highest BCUT2D eigenvalue weighted by Crippen LogP contribution is 2.39. The molecule has 5 atom stereocenters. The lowest BCUT2D eigenvalue weighted by Crippen LogP contribution is -2.64. The average molecular weight is 451 g/mol. The van der Waals surface area contributed by atoms with Crippen LogP contribution in [-0.4, -0.2) is 60.6 Å². The molecule has 7 nitrogen and oxygen atoms in total. The summed E-state index contributed by atoms with van der Waals surface area (Å²) >= 11 is 0. The van der Waals surface area contributed by atoms with Crippen LogP contribution in [0, 0.1) is 18.3 Å². The van der Waals surface area contributed by atoms with E-state index in [1.807, 2.05) is 40.7 Å². The highest BCUT2D eigenvalue weighted by atomic mass is 16.6. The summed E-state index contributed by atoms with van der Waals surface area (Å²) in [5.74, 6) is 2.29. The minimum Gasteiger partial charge on any atom is -0.444 e. The van der Waals surface area contributed by atoms with Crippen LogP contribution in [0.4, 0.5) is 4.79 Å². The van der Waals surface area contributed by atoms with Crippen molar-refractivity contribution in [2.75, 3.05) is 14.2 Å². The number of hydrogen-bond acceptors (Lipinski definition) is 5. The predicted molar refractivity (Wildman–Crippen MR) is 126 cm³/mol. The van der Waals surface area contributed by atoms with Crippen molar-refractivity contribution in [3.05, 3.63) is 12.2 Å². The summed E-state index contributed by atoms with van der Waals surface area (Å²) in [6, 6.07) is -0.913. The molecule has 0 aromatic rings. The molecule has 0 aromatic carbocycles. The minimum absolute atomic E-state index is 0.0540. The number of amides is 2. The van der Waals surface area contributed by atoms with Crippen molar-refractivity contribution in [3.8, 4) is 12.3 Å². The van der Waals surface area contributed by atoms with Gasteiger partial charge in [-0.05, 0) is 41.0 Å². The highest BCUT2D eigenvalue weighted by molar-refractivity contribution is 5.77. The number of methoxy groups -OCH3 is 2. The smallest absolute Gasteiger partial charge is 0.412 e. The first-order chi connectivity index (χ1) is 15.0. The molecule has 1 aliphatic rings. The topological polar surface area (TPSA) is 77.1 Å². The number of nitrogens with one attached hydrogen (secondary N) is 1. The number of nitrogens with zero attached hydrogens (tertiary/aromatic N) is 1. The second kappa shape index (κ2) is 12.3. The first kappa shape index (κ1) is 28.0. The first-order valence-corrected chi connectivity index (χ1v) is 11.4. The van der Waals surface area contributed by atoms with Crippen LogP contribution in [0.2, 0.25) is 0 Å². The summed E-state index contributed by atoms with van der Waals surface area (Å²) in [6.07, 6.45) is 11.1. The number of terminal acetylenes is 1. The van der Waals surface area contributed by atoms with E-state index in [1.165, 1.54) is 0 Å². The van der Waals surface area contributed by atoms with Crippen molar-refractivity contribution < 1.29 is 23.8 Å². The van der Waals surface area contributed by atoms with Gasteiger partial charge >= 0.3 is 6.09 Å². The Morgan fingerprint density at radius 3 is 2.41 bits per heavy atom. The minimum atomic E-state index is -0.714. The Morgan fingerprint density at radius 2 is 1.94 bits per heavy atom. The lowest BCUT2D eigenvalue weighted by molar-refractivity contribution is -0.128. The van der Waals surface area contributed by atoms with Gasteiger partial charge in [0.2, 0.25) is 5.91 Å². The molecule has 1 saturated heterocycles. The van der Waals surface area contributed by atoms with E-state index < -0.39 is 35.6 Å². The Labute approximate surface area is 194 Å². The predicted octanol–water partition coefficient (Wildman–Crippen LogP) is 4.26. The number of hydrogen-bond donors (Lipinski definition) is 1. The van der Waals surface area contributed by atoms with Gasteiger partial charge in [-0.1, -0.05) is 25.5 Å². The van der Waals surface area contributed by atoms with Crippen LogP contribution in [0.3, 0.4) is 0 Å². The quantitative estimate of drug-likeness (QED) is 0.397. The summed E-state index contributed by atoms with van der Waals surface area (Å²) in [5, 5.41) is 3.15. The third-order valence-corrected chi connectivity index (χ3v) is 5.88. The molecule has 0 aromatic heterocycles. The van der Waals surface area contributed by atoms with Gasteiger partial charge in [-0.15, -0.1) is 12.3 Å². The van der Waals surface area contributed by atoms with Gasteiger partial charge in [0.05, 0.1) is 17.7 Å². The molecular weight excluding hydrogens is 408 g/mol. The van der Waals surface area contributed by atoms with Crippen LogP contribution in [0.15, 0.2) is 12.2 Å². The average Bonchev–Trinajstić information content (AvgIpc) is 3.07. The monoisotopic (exact) mass is 450 g/mol. The van der Waals surface area contributed by atoms with Crippen molar-refractivity contribution in [3.63, 3.8) is 0 Å². The van der Waals surface area contributed by atoms with Crippen molar-refractivity contribution in [2.45, 2.75) is 103 Å². The zero-order valence-corrected chi connectivity index (χ0v) is 21.1. The van der Waals surface area contributed by atoms with E-state index in [-0.39, 0.29) is 18.2 Å². The van der Waals surface area contributed by atoms with Crippen molar-refractivity contribution >= 4 is 12.0 Å². The molecule has 0 saturated carbocycles. The van der Waals surface area contributed by atoms with Gasteiger partial charge in [-0.25, -0.2) is 4.79 Å². The van der Waals surface area contributed by atoms with Crippen LogP contribution in [0.1, 0.15) is 73.6 Å². The fourth-order valence-electron chi connectivity index (χ4n) is 4.41. The van der Waals surface area contributed by atoms with Gasteiger partial charge in [0, 0.05) is 39.4 Å². The van der Waals surface area contributed by atoms with E-state index in [4.69, 9.17) is 20.6 Å². The van der Waals surface area contributed by atoms with Crippen molar-refractivity contribution in [1.82, 2.24) is 10.2 Å². The molecule has 182 valence electrons. The van der Waals surface area contributed by atoms with Gasteiger partial charge in [0.15, 0.2) is 0 Å². The number of ether oxygens (including phenoxy) is 3. The molecule has 1 rings (SSSR count). The molecule has 1 N–H and O–H groups in total. The molecule has 1 unspecified atom stereocenters. The zero-order chi connectivity index (χ0) is 24.5. The Kier molecular flexibility index (Phi) is 10.7. The zero-order valence-electron chi connectivity index (χ0n) is 21.1. The van der Waals surface area contributed by atoms with E-state index in [9.17, 15) is 9.59 Å². The summed E-state index contributed by atoms with van der Waals surface area (Å²) in [5.41, 5.74) is -1.38. The van der Waals surface area contributed by atoms with Gasteiger partial charge in [0.25, 0.3) is 0 Å². The molecule has 2 amide bonds. The second-order valence-corrected chi connectivity index (χ2v) is 9.51. The normalized spacial score (nSPS) is 24.1. The summed E-state index contributed by atoms with van der Waals surface area (Å²) in [6.45, 7) is 11.5. The third kappa shape index (κ3) is 7.25. The van der Waals surface area contributed by atoms with E-state index in [0.717, 1.165) is 6.42 Å². The Balaban J connectivity index is 3.54. The molecular formula is C25H42N2O5. The van der Waals surface area contributed by atoms with Gasteiger partial charge in [-0.3, -0.25) is 9.69 Å². The first-order valence-electron chi connectivity index (χ1n) is 11.4. The third-order valence-electron chi connectivity index (χ3n) is 5.88. The molecule has 1 fully saturated rings. The standard InChI is InChI=1S/C25H42N2O5/c1-10-13-15-19(28)26-22(25(7,31-9)16-12-3)21-18(14-11-2)17-20(30-8)27(21)23(29)32-24(4,5)6/h1,11,14,18,20-22H,12-13,15-17H2,2-9H3,(H,26,28)/b14-11-/t18-,20?,21-,22-,25+/m1/s1. The second-order valence-electron chi connectivity index (χ2n) is 9.51. The largest absolute Gasteiger partial charge is 0.444 e. The number of rotatable bonds is 10.